The lowest BCUT2D eigenvalue weighted by Gasteiger charge is -2.10. The van der Waals surface area contributed by atoms with Crippen LogP contribution < -0.4 is 5.32 Å². The van der Waals surface area contributed by atoms with E-state index in [4.69, 9.17) is 16.7 Å². The van der Waals surface area contributed by atoms with E-state index in [0.29, 0.717) is 16.9 Å². The number of carbonyl (C=O) groups excluding carboxylic acids is 2. The molecule has 7 heteroatoms. The van der Waals surface area contributed by atoms with Crippen LogP contribution in [-0.4, -0.2) is 40.5 Å². The number of aromatic hydroxyl groups is 1. The molecule has 0 spiro atoms. The first kappa shape index (κ1) is 16.9. The number of benzene rings is 1. The van der Waals surface area contributed by atoms with Crippen molar-refractivity contribution in [3.63, 3.8) is 0 Å². The average Bonchev–Trinajstić information content (AvgIpc) is 2.55. The molecular formula is C16H15ClN2O4. The van der Waals surface area contributed by atoms with Crippen molar-refractivity contribution in [1.82, 2.24) is 10.3 Å². The molecule has 0 radical (unpaired) electrons. The second kappa shape index (κ2) is 7.71. The molecule has 0 aliphatic rings. The van der Waals surface area contributed by atoms with Crippen molar-refractivity contribution in [2.24, 2.45) is 5.92 Å². The Morgan fingerprint density at radius 1 is 1.35 bits per heavy atom. The minimum Gasteiger partial charge on any atom is -0.505 e. The van der Waals surface area contributed by atoms with E-state index in [1.54, 1.807) is 24.3 Å². The van der Waals surface area contributed by atoms with E-state index in [9.17, 15) is 14.7 Å². The third kappa shape index (κ3) is 4.28. The van der Waals surface area contributed by atoms with E-state index in [-0.39, 0.29) is 24.6 Å². The number of pyridine rings is 1. The number of hydrogen-bond acceptors (Lipinski definition) is 5. The van der Waals surface area contributed by atoms with E-state index in [1.807, 2.05) is 0 Å². The number of rotatable bonds is 6. The summed E-state index contributed by atoms with van der Waals surface area (Å²) in [6, 6.07) is 8.43. The van der Waals surface area contributed by atoms with Crippen LogP contribution in [0.1, 0.15) is 10.5 Å². The molecule has 0 saturated heterocycles. The van der Waals surface area contributed by atoms with Crippen LogP contribution >= 0.6 is 11.6 Å². The highest BCUT2D eigenvalue weighted by Crippen LogP contribution is 2.26. The first-order chi connectivity index (χ1) is 11.0. The Balaban J connectivity index is 2.16. The maximum atomic E-state index is 12.0. The minimum atomic E-state index is -0.688. The quantitative estimate of drug-likeness (QED) is 0.697. The van der Waals surface area contributed by atoms with Crippen molar-refractivity contribution < 1.29 is 19.8 Å². The van der Waals surface area contributed by atoms with Gasteiger partial charge in [-0.1, -0.05) is 23.7 Å². The lowest BCUT2D eigenvalue weighted by Crippen LogP contribution is -2.32. The first-order valence-electron chi connectivity index (χ1n) is 6.84. The summed E-state index contributed by atoms with van der Waals surface area (Å²) in [5.74, 6) is -1.60. The van der Waals surface area contributed by atoms with Crippen molar-refractivity contribution in [2.45, 2.75) is 0 Å². The summed E-state index contributed by atoms with van der Waals surface area (Å²) >= 11 is 5.92. The van der Waals surface area contributed by atoms with E-state index in [2.05, 4.69) is 10.3 Å². The van der Waals surface area contributed by atoms with Gasteiger partial charge in [-0.2, -0.15) is 0 Å². The standard InChI is InChI=1S/C16H15ClN2O4/c17-13-3-1-2-11(4-13)12-5-14(22)15(18-7-12)16(23)19-6-10(8-20)9-21/h1-5,7-8,10,21-22H,6,9H2,(H,19,23). The summed E-state index contributed by atoms with van der Waals surface area (Å²) in [6.45, 7) is -0.396. The number of carbonyl (C=O) groups is 2. The van der Waals surface area contributed by atoms with E-state index < -0.39 is 11.8 Å². The van der Waals surface area contributed by atoms with E-state index in [0.717, 1.165) is 5.56 Å². The molecule has 2 aromatic rings. The number of aromatic nitrogens is 1. The molecule has 0 aliphatic carbocycles. The van der Waals surface area contributed by atoms with Crippen LogP contribution in [0.15, 0.2) is 36.5 Å². The van der Waals surface area contributed by atoms with Gasteiger partial charge in [0.25, 0.3) is 5.91 Å². The fourth-order valence-electron chi connectivity index (χ4n) is 1.92. The second-order valence-corrected chi connectivity index (χ2v) is 5.33. The number of hydrogen-bond donors (Lipinski definition) is 3. The molecule has 23 heavy (non-hydrogen) atoms. The van der Waals surface area contributed by atoms with Crippen molar-refractivity contribution in [3.8, 4) is 16.9 Å². The molecule has 1 unspecified atom stereocenters. The Morgan fingerprint density at radius 3 is 2.74 bits per heavy atom. The molecule has 1 atom stereocenters. The Bertz CT molecular complexity index is 721. The monoisotopic (exact) mass is 334 g/mol. The largest absolute Gasteiger partial charge is 0.505 e. The van der Waals surface area contributed by atoms with Crippen LogP contribution in [0.4, 0.5) is 0 Å². The van der Waals surface area contributed by atoms with Gasteiger partial charge in [-0.05, 0) is 23.8 Å². The highest BCUT2D eigenvalue weighted by atomic mass is 35.5. The predicted octanol–water partition coefficient (Wildman–Crippen LogP) is 1.64. The molecule has 1 aromatic heterocycles. The molecule has 0 aliphatic heterocycles. The van der Waals surface area contributed by atoms with Gasteiger partial charge in [-0.3, -0.25) is 4.79 Å². The minimum absolute atomic E-state index is 0.0317. The molecule has 0 bridgehead atoms. The highest BCUT2D eigenvalue weighted by Gasteiger charge is 2.16. The van der Waals surface area contributed by atoms with Gasteiger partial charge in [-0.25, -0.2) is 4.98 Å². The van der Waals surface area contributed by atoms with Gasteiger partial charge in [-0.15, -0.1) is 0 Å². The normalized spacial score (nSPS) is 11.7. The first-order valence-corrected chi connectivity index (χ1v) is 7.22. The fraction of sp³-hybridized carbons (Fsp3) is 0.188. The molecule has 1 heterocycles. The number of amides is 1. The third-order valence-electron chi connectivity index (χ3n) is 3.19. The Hall–Kier alpha value is -2.44. The van der Waals surface area contributed by atoms with Crippen molar-refractivity contribution >= 4 is 23.8 Å². The molecule has 1 aromatic carbocycles. The van der Waals surface area contributed by atoms with Crippen LogP contribution in [0.5, 0.6) is 5.75 Å². The Morgan fingerprint density at radius 2 is 2.13 bits per heavy atom. The van der Waals surface area contributed by atoms with Crippen molar-refractivity contribution in [2.75, 3.05) is 13.2 Å². The lowest BCUT2D eigenvalue weighted by atomic mass is 10.1. The van der Waals surface area contributed by atoms with Crippen LogP contribution in [0, 0.1) is 5.92 Å². The number of aliphatic hydroxyl groups is 1. The Labute approximate surface area is 137 Å². The van der Waals surface area contributed by atoms with Crippen molar-refractivity contribution in [1.29, 1.82) is 0 Å². The molecule has 0 fully saturated rings. The number of aldehydes is 1. The summed E-state index contributed by atoms with van der Waals surface area (Å²) < 4.78 is 0. The van der Waals surface area contributed by atoms with Crippen LogP contribution in [0.25, 0.3) is 11.1 Å². The van der Waals surface area contributed by atoms with Gasteiger partial charge in [0.05, 0.1) is 12.5 Å². The number of nitrogens with zero attached hydrogens (tertiary/aromatic N) is 1. The van der Waals surface area contributed by atoms with E-state index >= 15 is 0 Å². The SMILES string of the molecule is O=CC(CO)CNC(=O)c1ncc(-c2cccc(Cl)c2)cc1O. The summed E-state index contributed by atoms with van der Waals surface area (Å²) in [4.78, 5) is 26.5. The van der Waals surface area contributed by atoms with Gasteiger partial charge >= 0.3 is 0 Å². The van der Waals surface area contributed by atoms with E-state index in [1.165, 1.54) is 12.3 Å². The topological polar surface area (TPSA) is 99.5 Å². The lowest BCUT2D eigenvalue weighted by molar-refractivity contribution is -0.111. The molecule has 3 N–H and O–H groups in total. The predicted molar refractivity (Wildman–Crippen MR) is 85.3 cm³/mol. The van der Waals surface area contributed by atoms with Gasteiger partial charge in [0.2, 0.25) is 0 Å². The van der Waals surface area contributed by atoms with Gasteiger partial charge in [0.1, 0.15) is 12.0 Å². The maximum absolute atomic E-state index is 12.0. The summed E-state index contributed by atoms with van der Waals surface area (Å²) in [5.41, 5.74) is 1.22. The average molecular weight is 335 g/mol. The van der Waals surface area contributed by atoms with Crippen LogP contribution in [0.2, 0.25) is 5.02 Å². The van der Waals surface area contributed by atoms with Crippen molar-refractivity contribution in [3.05, 3.63) is 47.2 Å². The van der Waals surface area contributed by atoms with Gasteiger partial charge in [0, 0.05) is 23.3 Å². The van der Waals surface area contributed by atoms with Gasteiger partial charge in [0.15, 0.2) is 5.69 Å². The summed E-state index contributed by atoms with van der Waals surface area (Å²) in [6.07, 6.45) is 2.00. The van der Waals surface area contributed by atoms with Gasteiger partial charge < -0.3 is 20.3 Å². The Kier molecular flexibility index (Phi) is 5.67. The number of nitrogens with one attached hydrogen (secondary N) is 1. The second-order valence-electron chi connectivity index (χ2n) is 4.89. The van der Waals surface area contributed by atoms with Crippen LogP contribution in [0.3, 0.4) is 0 Å². The highest BCUT2D eigenvalue weighted by molar-refractivity contribution is 6.30. The summed E-state index contributed by atoms with van der Waals surface area (Å²) in [5, 5.41) is 21.9. The number of aliphatic hydroxyl groups excluding tert-OH is 1. The smallest absolute Gasteiger partial charge is 0.273 e. The summed E-state index contributed by atoms with van der Waals surface area (Å²) in [7, 11) is 0. The molecular weight excluding hydrogens is 320 g/mol. The molecule has 6 nitrogen and oxygen atoms in total. The zero-order valence-electron chi connectivity index (χ0n) is 12.1. The zero-order chi connectivity index (χ0) is 16.8. The molecule has 0 saturated carbocycles. The maximum Gasteiger partial charge on any atom is 0.273 e. The molecule has 1 amide bonds. The number of halogens is 1. The molecule has 2 rings (SSSR count). The third-order valence-corrected chi connectivity index (χ3v) is 3.43. The molecule has 120 valence electrons. The van der Waals surface area contributed by atoms with Crippen LogP contribution in [-0.2, 0) is 4.79 Å². The zero-order valence-corrected chi connectivity index (χ0v) is 12.8. The fourth-order valence-corrected chi connectivity index (χ4v) is 2.11.